The van der Waals surface area contributed by atoms with E-state index in [1.807, 2.05) is 30.4 Å². The molecule has 0 amide bonds. The quantitative estimate of drug-likeness (QED) is 0.325. The minimum atomic E-state index is -0.511. The number of aliphatic hydroxyl groups excluding tert-OH is 1. The summed E-state index contributed by atoms with van der Waals surface area (Å²) in [5, 5.41) is 18.7. The zero-order valence-electron chi connectivity index (χ0n) is 22.2. The van der Waals surface area contributed by atoms with Gasteiger partial charge in [0.1, 0.15) is 12.2 Å². The Balaban J connectivity index is 0.000000195. The van der Waals surface area contributed by atoms with Gasteiger partial charge in [0, 0.05) is 7.11 Å². The molecule has 0 saturated carbocycles. The van der Waals surface area contributed by atoms with Crippen LogP contribution in [0.1, 0.15) is 36.5 Å². The van der Waals surface area contributed by atoms with Crippen LogP contribution >= 0.6 is 0 Å². The molecule has 3 aromatic carbocycles. The van der Waals surface area contributed by atoms with Gasteiger partial charge in [-0.1, -0.05) is 98.3 Å². The molecular weight excluding hydrogens is 460 g/mol. The molecule has 0 aromatic heterocycles. The molecule has 196 valence electrons. The van der Waals surface area contributed by atoms with Crippen molar-refractivity contribution in [2.45, 2.75) is 44.8 Å². The molecule has 2 atom stereocenters. The molecule has 0 radical (unpaired) electrons. The summed E-state index contributed by atoms with van der Waals surface area (Å²) in [6.45, 7) is 5.77. The number of rotatable bonds is 8. The molecular formula is C33H40O4. The van der Waals surface area contributed by atoms with Crippen LogP contribution in [0.15, 0.2) is 115 Å². The molecule has 1 aliphatic rings. The van der Waals surface area contributed by atoms with Crippen LogP contribution in [-0.2, 0) is 17.6 Å². The van der Waals surface area contributed by atoms with Crippen LogP contribution < -0.4 is 4.74 Å². The standard InChI is InChI=1S/C13H12.2C10H14O2/c1-3-7-12(8-4-1)11-13-9-5-2-6-10-13;2*1-3-4-8-5-6-9(11)10(7-8)12-2/h1-10H,11H2;5-7,11H,3-4H2,1-2H3;3,5-7,9-11H,1,4H2,2H3. The Bertz CT molecular complexity index is 1070. The van der Waals surface area contributed by atoms with E-state index in [-0.39, 0.29) is 11.9 Å². The number of methoxy groups -OCH3 is 2. The van der Waals surface area contributed by atoms with Gasteiger partial charge in [-0.25, -0.2) is 0 Å². The first-order valence-corrected chi connectivity index (χ1v) is 12.6. The number of hydrogen-bond donors (Lipinski definition) is 2. The lowest BCUT2D eigenvalue weighted by molar-refractivity contribution is 0.0409. The van der Waals surface area contributed by atoms with Gasteiger partial charge in [0.2, 0.25) is 0 Å². The normalized spacial score (nSPS) is 15.8. The number of allylic oxidation sites excluding steroid dienone is 3. The van der Waals surface area contributed by atoms with E-state index < -0.39 is 6.10 Å². The summed E-state index contributed by atoms with van der Waals surface area (Å²) in [4.78, 5) is 0. The molecule has 0 spiro atoms. The van der Waals surface area contributed by atoms with E-state index in [1.165, 1.54) is 16.7 Å². The predicted octanol–water partition coefficient (Wildman–Crippen LogP) is 7.07. The van der Waals surface area contributed by atoms with E-state index in [1.54, 1.807) is 26.4 Å². The van der Waals surface area contributed by atoms with Crippen LogP contribution in [0, 0.1) is 0 Å². The van der Waals surface area contributed by atoms with Gasteiger partial charge in [-0.15, -0.1) is 6.58 Å². The Morgan fingerprint density at radius 1 is 0.892 bits per heavy atom. The van der Waals surface area contributed by atoms with Crippen molar-refractivity contribution in [2.75, 3.05) is 14.2 Å². The number of phenols is 1. The van der Waals surface area contributed by atoms with Crippen LogP contribution in [0.2, 0.25) is 0 Å². The van der Waals surface area contributed by atoms with Crippen molar-refractivity contribution < 1.29 is 19.7 Å². The van der Waals surface area contributed by atoms with Gasteiger partial charge in [0.25, 0.3) is 0 Å². The first-order valence-electron chi connectivity index (χ1n) is 12.6. The highest BCUT2D eigenvalue weighted by molar-refractivity contribution is 5.41. The van der Waals surface area contributed by atoms with Crippen molar-refractivity contribution in [3.8, 4) is 11.5 Å². The third kappa shape index (κ3) is 10.9. The molecule has 2 N–H and O–H groups in total. The van der Waals surface area contributed by atoms with Gasteiger partial charge in [-0.05, 0) is 59.7 Å². The van der Waals surface area contributed by atoms with E-state index in [4.69, 9.17) is 9.47 Å². The summed E-state index contributed by atoms with van der Waals surface area (Å²) in [5.41, 5.74) is 5.08. The van der Waals surface area contributed by atoms with Gasteiger partial charge >= 0.3 is 0 Å². The SMILES string of the molecule is C=CCC1=CC(OC)C(O)C=C1.CCCc1ccc(O)c(OC)c1.c1ccc(Cc2ccccc2)cc1. The average Bonchev–Trinajstić information content (AvgIpc) is 2.93. The minimum absolute atomic E-state index is 0.204. The highest BCUT2D eigenvalue weighted by atomic mass is 16.5. The van der Waals surface area contributed by atoms with Crippen molar-refractivity contribution in [1.29, 1.82) is 0 Å². The number of ether oxygens (including phenoxy) is 2. The summed E-state index contributed by atoms with van der Waals surface area (Å²) < 4.78 is 10.0. The van der Waals surface area contributed by atoms with Gasteiger partial charge in [0.15, 0.2) is 11.5 Å². The monoisotopic (exact) mass is 500 g/mol. The Hall–Kier alpha value is -3.60. The van der Waals surface area contributed by atoms with Crippen LogP contribution in [0.25, 0.3) is 0 Å². The van der Waals surface area contributed by atoms with E-state index in [2.05, 4.69) is 74.2 Å². The van der Waals surface area contributed by atoms with E-state index in [9.17, 15) is 10.2 Å². The largest absolute Gasteiger partial charge is 0.504 e. The van der Waals surface area contributed by atoms with Crippen LogP contribution in [0.3, 0.4) is 0 Å². The van der Waals surface area contributed by atoms with E-state index in [0.717, 1.165) is 31.3 Å². The van der Waals surface area contributed by atoms with Crippen molar-refractivity contribution >= 4 is 0 Å². The topological polar surface area (TPSA) is 58.9 Å². The Morgan fingerprint density at radius 2 is 1.51 bits per heavy atom. The van der Waals surface area contributed by atoms with Gasteiger partial charge < -0.3 is 19.7 Å². The third-order valence-electron chi connectivity index (χ3n) is 5.75. The first kappa shape index (κ1) is 29.6. The van der Waals surface area contributed by atoms with Crippen molar-refractivity contribution in [1.82, 2.24) is 0 Å². The molecule has 0 bridgehead atoms. The zero-order chi connectivity index (χ0) is 26.9. The molecule has 3 aromatic rings. The van der Waals surface area contributed by atoms with Crippen LogP contribution in [0.4, 0.5) is 0 Å². The number of aromatic hydroxyl groups is 1. The second-order valence-electron chi connectivity index (χ2n) is 8.69. The second kappa shape index (κ2) is 17.0. The number of aliphatic hydroxyl groups is 1. The van der Waals surface area contributed by atoms with Gasteiger partial charge in [-0.2, -0.15) is 0 Å². The Morgan fingerprint density at radius 3 is 2.03 bits per heavy atom. The molecule has 0 heterocycles. The Labute approximate surface area is 222 Å². The molecule has 37 heavy (non-hydrogen) atoms. The number of benzene rings is 3. The van der Waals surface area contributed by atoms with E-state index in [0.29, 0.717) is 5.75 Å². The third-order valence-corrected chi connectivity index (χ3v) is 5.75. The number of aryl methyl sites for hydroxylation is 1. The molecule has 2 unspecified atom stereocenters. The van der Waals surface area contributed by atoms with Crippen molar-refractivity contribution in [3.05, 3.63) is 132 Å². The molecule has 0 saturated heterocycles. The Kier molecular flexibility index (Phi) is 13.6. The summed E-state index contributed by atoms with van der Waals surface area (Å²) in [7, 11) is 3.15. The zero-order valence-corrected chi connectivity index (χ0v) is 22.2. The lowest BCUT2D eigenvalue weighted by atomic mass is 10.0. The molecule has 0 aliphatic heterocycles. The van der Waals surface area contributed by atoms with Gasteiger partial charge in [-0.3, -0.25) is 0 Å². The lowest BCUT2D eigenvalue weighted by Gasteiger charge is -2.20. The molecule has 4 heteroatoms. The second-order valence-corrected chi connectivity index (χ2v) is 8.69. The number of phenolic OH excluding ortho intramolecular Hbond substituents is 1. The minimum Gasteiger partial charge on any atom is -0.504 e. The van der Waals surface area contributed by atoms with Crippen LogP contribution in [0.5, 0.6) is 11.5 Å². The molecule has 4 nitrogen and oxygen atoms in total. The summed E-state index contributed by atoms with van der Waals surface area (Å²) in [6.07, 6.45) is 10.7. The first-order chi connectivity index (χ1) is 18.0. The molecule has 1 aliphatic carbocycles. The van der Waals surface area contributed by atoms with Crippen molar-refractivity contribution in [3.63, 3.8) is 0 Å². The summed E-state index contributed by atoms with van der Waals surface area (Å²) in [6, 6.07) is 26.5. The number of hydrogen-bond acceptors (Lipinski definition) is 4. The maximum atomic E-state index is 9.37. The molecule has 0 fully saturated rings. The average molecular weight is 501 g/mol. The fourth-order valence-electron chi connectivity index (χ4n) is 3.80. The molecule has 4 rings (SSSR count). The highest BCUT2D eigenvalue weighted by Crippen LogP contribution is 2.26. The maximum Gasteiger partial charge on any atom is 0.160 e. The lowest BCUT2D eigenvalue weighted by Crippen LogP contribution is -2.26. The summed E-state index contributed by atoms with van der Waals surface area (Å²) in [5.74, 6) is 0.762. The maximum absolute atomic E-state index is 9.37. The van der Waals surface area contributed by atoms with Crippen LogP contribution in [-0.4, -0.2) is 36.6 Å². The van der Waals surface area contributed by atoms with E-state index >= 15 is 0 Å². The highest BCUT2D eigenvalue weighted by Gasteiger charge is 2.16. The van der Waals surface area contributed by atoms with Crippen molar-refractivity contribution in [2.24, 2.45) is 0 Å². The van der Waals surface area contributed by atoms with Gasteiger partial charge in [0.05, 0.1) is 7.11 Å². The smallest absolute Gasteiger partial charge is 0.160 e. The fourth-order valence-corrected chi connectivity index (χ4v) is 3.80. The summed E-state index contributed by atoms with van der Waals surface area (Å²) >= 11 is 0. The predicted molar refractivity (Wildman–Crippen MR) is 153 cm³/mol. The fraction of sp³-hybridized carbons (Fsp3) is 0.273.